The number of methoxy groups -OCH3 is 2. The zero-order chi connectivity index (χ0) is 17.0. The first-order chi connectivity index (χ1) is 11.0. The van der Waals surface area contributed by atoms with Gasteiger partial charge in [0.2, 0.25) is 5.91 Å². The molecule has 0 bridgehead atoms. The molecule has 1 aromatic rings. The summed E-state index contributed by atoms with van der Waals surface area (Å²) in [5.41, 5.74) is 1.06. The van der Waals surface area contributed by atoms with Crippen molar-refractivity contribution in [2.45, 2.75) is 37.4 Å². The summed E-state index contributed by atoms with van der Waals surface area (Å²) in [6.07, 6.45) is 0. The molecular formula is C17H26N2O3S. The Hall–Kier alpha value is -1.40. The molecule has 1 aliphatic heterocycles. The zero-order valence-electron chi connectivity index (χ0n) is 14.5. The van der Waals surface area contributed by atoms with Gasteiger partial charge in [-0.15, -0.1) is 11.8 Å². The summed E-state index contributed by atoms with van der Waals surface area (Å²) < 4.78 is 10.7. The monoisotopic (exact) mass is 338 g/mol. The van der Waals surface area contributed by atoms with E-state index in [9.17, 15) is 4.79 Å². The van der Waals surface area contributed by atoms with E-state index < -0.39 is 0 Å². The summed E-state index contributed by atoms with van der Waals surface area (Å²) in [7, 11) is 3.25. The Morgan fingerprint density at radius 1 is 1.26 bits per heavy atom. The fourth-order valence-corrected chi connectivity index (χ4v) is 3.94. The number of ether oxygens (including phenoxy) is 2. The van der Waals surface area contributed by atoms with Gasteiger partial charge in [-0.05, 0) is 24.6 Å². The molecule has 0 radical (unpaired) electrons. The van der Waals surface area contributed by atoms with E-state index in [1.54, 1.807) is 26.0 Å². The first kappa shape index (κ1) is 17.9. The highest BCUT2D eigenvalue weighted by atomic mass is 32.2. The summed E-state index contributed by atoms with van der Waals surface area (Å²) >= 11 is 1.68. The lowest BCUT2D eigenvalue weighted by atomic mass is 10.1. The van der Waals surface area contributed by atoms with Crippen molar-refractivity contribution in [3.63, 3.8) is 0 Å². The molecule has 1 saturated heterocycles. The van der Waals surface area contributed by atoms with E-state index in [1.807, 2.05) is 30.0 Å². The highest BCUT2D eigenvalue weighted by Gasteiger charge is 2.38. The van der Waals surface area contributed by atoms with Gasteiger partial charge in [-0.3, -0.25) is 4.79 Å². The highest BCUT2D eigenvalue weighted by Crippen LogP contribution is 2.44. The third kappa shape index (κ3) is 4.12. The fraction of sp³-hybridized carbons (Fsp3) is 0.588. The third-order valence-corrected chi connectivity index (χ3v) is 5.24. The van der Waals surface area contributed by atoms with Crippen LogP contribution in [0.15, 0.2) is 18.2 Å². The number of nitrogens with one attached hydrogen (secondary N) is 1. The van der Waals surface area contributed by atoms with E-state index in [2.05, 4.69) is 19.2 Å². The van der Waals surface area contributed by atoms with Crippen LogP contribution in [0.4, 0.5) is 0 Å². The fourth-order valence-electron chi connectivity index (χ4n) is 2.64. The minimum Gasteiger partial charge on any atom is -0.493 e. The predicted molar refractivity (Wildman–Crippen MR) is 94.2 cm³/mol. The average Bonchev–Trinajstić information content (AvgIpc) is 2.82. The Labute approximate surface area is 142 Å². The Morgan fingerprint density at radius 2 is 1.96 bits per heavy atom. The first-order valence-electron chi connectivity index (χ1n) is 7.89. The molecule has 0 aliphatic carbocycles. The smallest absolute Gasteiger partial charge is 0.236 e. The number of rotatable bonds is 7. The van der Waals surface area contributed by atoms with Gasteiger partial charge >= 0.3 is 0 Å². The van der Waals surface area contributed by atoms with Crippen molar-refractivity contribution < 1.29 is 14.3 Å². The van der Waals surface area contributed by atoms with Crippen molar-refractivity contribution >= 4 is 17.7 Å². The van der Waals surface area contributed by atoms with Gasteiger partial charge in [0.25, 0.3) is 0 Å². The molecule has 128 valence electrons. The molecular weight excluding hydrogens is 312 g/mol. The second-order valence-corrected chi connectivity index (χ2v) is 7.31. The van der Waals surface area contributed by atoms with Crippen LogP contribution in [0, 0.1) is 0 Å². The van der Waals surface area contributed by atoms with Crippen LogP contribution in [0.25, 0.3) is 0 Å². The number of thioether (sulfide) groups is 1. The van der Waals surface area contributed by atoms with Gasteiger partial charge in [-0.2, -0.15) is 0 Å². The Bertz CT molecular complexity index is 551. The quantitative estimate of drug-likeness (QED) is 0.828. The standard InChI is InChI=1S/C17H26N2O3S/c1-11(2)18-8-9-19-16(20)12(3)23-17(19)13-6-7-14(21-4)15(10-13)22-5/h6-7,10-12,17-18H,8-9H2,1-5H3/t12-,17+/m1/s1. The first-order valence-corrected chi connectivity index (χ1v) is 8.83. The van der Waals surface area contributed by atoms with Gasteiger partial charge in [-0.25, -0.2) is 0 Å². The van der Waals surface area contributed by atoms with Gasteiger partial charge in [0, 0.05) is 19.1 Å². The molecule has 1 amide bonds. The van der Waals surface area contributed by atoms with Crippen LogP contribution >= 0.6 is 11.8 Å². The highest BCUT2D eigenvalue weighted by molar-refractivity contribution is 8.01. The summed E-state index contributed by atoms with van der Waals surface area (Å²) in [5.74, 6) is 1.59. The topological polar surface area (TPSA) is 50.8 Å². The van der Waals surface area contributed by atoms with Crippen molar-refractivity contribution in [1.82, 2.24) is 10.2 Å². The molecule has 2 atom stereocenters. The van der Waals surface area contributed by atoms with Gasteiger partial charge < -0.3 is 19.7 Å². The zero-order valence-corrected chi connectivity index (χ0v) is 15.3. The molecule has 0 spiro atoms. The second kappa shape index (κ2) is 7.93. The van der Waals surface area contributed by atoms with E-state index >= 15 is 0 Å². The van der Waals surface area contributed by atoms with Gasteiger partial charge in [0.15, 0.2) is 11.5 Å². The normalized spacial score (nSPS) is 21.1. The van der Waals surface area contributed by atoms with E-state index in [0.29, 0.717) is 24.1 Å². The summed E-state index contributed by atoms with van der Waals surface area (Å²) in [4.78, 5) is 14.4. The number of hydrogen-bond donors (Lipinski definition) is 1. The number of nitrogens with zero attached hydrogens (tertiary/aromatic N) is 1. The predicted octanol–water partition coefficient (Wildman–Crippen LogP) is 2.66. The van der Waals surface area contributed by atoms with E-state index in [0.717, 1.165) is 12.1 Å². The van der Waals surface area contributed by atoms with E-state index in [1.165, 1.54) is 0 Å². The molecule has 0 saturated carbocycles. The molecule has 1 aromatic carbocycles. The van der Waals surface area contributed by atoms with Crippen LogP contribution in [0.3, 0.4) is 0 Å². The summed E-state index contributed by atoms with van der Waals surface area (Å²) in [6.45, 7) is 7.68. The molecule has 6 heteroatoms. The number of amides is 1. The van der Waals surface area contributed by atoms with Crippen LogP contribution in [0.5, 0.6) is 11.5 Å². The molecule has 0 unspecified atom stereocenters. The SMILES string of the molecule is COc1ccc([C@@H]2S[C@H](C)C(=O)N2CCNC(C)C)cc1OC. The lowest BCUT2D eigenvalue weighted by molar-refractivity contribution is -0.129. The Balaban J connectivity index is 2.19. The van der Waals surface area contributed by atoms with Crippen LogP contribution in [-0.2, 0) is 4.79 Å². The second-order valence-electron chi connectivity index (χ2n) is 5.89. The van der Waals surface area contributed by atoms with Crippen LogP contribution < -0.4 is 14.8 Å². The van der Waals surface area contributed by atoms with Crippen LogP contribution in [0.1, 0.15) is 31.7 Å². The molecule has 1 aliphatic rings. The van der Waals surface area contributed by atoms with Crippen molar-refractivity contribution in [2.24, 2.45) is 0 Å². The maximum atomic E-state index is 12.5. The molecule has 1 heterocycles. The Kier molecular flexibility index (Phi) is 6.18. The van der Waals surface area contributed by atoms with Crippen molar-refractivity contribution in [3.8, 4) is 11.5 Å². The van der Waals surface area contributed by atoms with Crippen molar-refractivity contribution in [1.29, 1.82) is 0 Å². The molecule has 23 heavy (non-hydrogen) atoms. The largest absolute Gasteiger partial charge is 0.493 e. The van der Waals surface area contributed by atoms with Crippen molar-refractivity contribution in [2.75, 3.05) is 27.3 Å². The summed E-state index contributed by atoms with van der Waals surface area (Å²) in [5, 5.41) is 3.37. The van der Waals surface area contributed by atoms with Crippen molar-refractivity contribution in [3.05, 3.63) is 23.8 Å². The molecule has 5 nitrogen and oxygen atoms in total. The summed E-state index contributed by atoms with van der Waals surface area (Å²) in [6, 6.07) is 6.28. The lowest BCUT2D eigenvalue weighted by Crippen LogP contribution is -2.38. The number of carbonyl (C=O) groups is 1. The third-order valence-electron chi connectivity index (χ3n) is 3.84. The minimum absolute atomic E-state index is 0.0197. The molecule has 1 fully saturated rings. The number of benzene rings is 1. The van der Waals surface area contributed by atoms with Gasteiger partial charge in [0.05, 0.1) is 19.5 Å². The van der Waals surface area contributed by atoms with Crippen LogP contribution in [-0.4, -0.2) is 49.4 Å². The van der Waals surface area contributed by atoms with E-state index in [4.69, 9.17) is 9.47 Å². The van der Waals surface area contributed by atoms with E-state index in [-0.39, 0.29) is 16.5 Å². The van der Waals surface area contributed by atoms with Gasteiger partial charge in [0.1, 0.15) is 5.37 Å². The average molecular weight is 338 g/mol. The number of carbonyl (C=O) groups excluding carboxylic acids is 1. The molecule has 0 aromatic heterocycles. The maximum absolute atomic E-state index is 12.5. The van der Waals surface area contributed by atoms with Gasteiger partial charge in [-0.1, -0.05) is 19.9 Å². The minimum atomic E-state index is -0.0212. The van der Waals surface area contributed by atoms with Crippen LogP contribution in [0.2, 0.25) is 0 Å². The maximum Gasteiger partial charge on any atom is 0.236 e. The molecule has 2 rings (SSSR count). The Morgan fingerprint density at radius 3 is 2.57 bits per heavy atom. The lowest BCUT2D eigenvalue weighted by Gasteiger charge is -2.25. The number of hydrogen-bond acceptors (Lipinski definition) is 5. The molecule has 1 N–H and O–H groups in total.